The van der Waals surface area contributed by atoms with E-state index in [-0.39, 0.29) is 5.41 Å². The van der Waals surface area contributed by atoms with Gasteiger partial charge in [-0.15, -0.1) is 6.58 Å². The summed E-state index contributed by atoms with van der Waals surface area (Å²) in [4.78, 5) is 11.3. The van der Waals surface area contributed by atoms with Crippen molar-refractivity contribution in [2.45, 2.75) is 46.6 Å². The molecule has 0 aromatic carbocycles. The van der Waals surface area contributed by atoms with Crippen LogP contribution < -0.4 is 0 Å². The Balaban J connectivity index is 5.18. The fourth-order valence-corrected chi connectivity index (χ4v) is 1.54. The third-order valence-corrected chi connectivity index (χ3v) is 3.18. The highest BCUT2D eigenvalue weighted by atomic mass is 16.4. The zero-order valence-corrected chi connectivity index (χ0v) is 10.3. The summed E-state index contributed by atoms with van der Waals surface area (Å²) in [5.41, 5.74) is -2.75. The van der Waals surface area contributed by atoms with E-state index in [2.05, 4.69) is 6.58 Å². The Morgan fingerprint density at radius 3 is 1.87 bits per heavy atom. The van der Waals surface area contributed by atoms with Crippen LogP contribution in [0, 0.1) is 10.8 Å². The molecular formula is C12H22O3. The molecule has 1 unspecified atom stereocenters. The van der Waals surface area contributed by atoms with Crippen molar-refractivity contribution < 1.29 is 15.0 Å². The van der Waals surface area contributed by atoms with Crippen LogP contribution >= 0.6 is 0 Å². The number of allylic oxidation sites excluding steroid dienone is 1. The minimum absolute atomic E-state index is 0.312. The highest BCUT2D eigenvalue weighted by Crippen LogP contribution is 2.42. The Morgan fingerprint density at radius 1 is 1.27 bits per heavy atom. The Kier molecular flexibility index (Phi) is 3.75. The fourth-order valence-electron chi connectivity index (χ4n) is 1.54. The van der Waals surface area contributed by atoms with Crippen molar-refractivity contribution in [2.75, 3.05) is 0 Å². The first-order chi connectivity index (χ1) is 6.46. The lowest BCUT2D eigenvalue weighted by Gasteiger charge is -2.41. The molecule has 1 atom stereocenters. The molecule has 0 fully saturated rings. The molecule has 0 amide bonds. The number of aliphatic hydroxyl groups is 1. The summed E-state index contributed by atoms with van der Waals surface area (Å²) >= 11 is 0. The molecule has 3 heteroatoms. The van der Waals surface area contributed by atoms with Crippen LogP contribution in [-0.2, 0) is 4.79 Å². The lowest BCUT2D eigenvalue weighted by molar-refractivity contribution is -0.166. The van der Waals surface area contributed by atoms with Gasteiger partial charge in [-0.05, 0) is 32.6 Å². The summed E-state index contributed by atoms with van der Waals surface area (Å²) in [5.74, 6) is -0.982. The van der Waals surface area contributed by atoms with Gasteiger partial charge in [-0.3, -0.25) is 4.79 Å². The number of rotatable bonds is 5. The maximum absolute atomic E-state index is 11.3. The second kappa shape index (κ2) is 3.97. The Morgan fingerprint density at radius 2 is 1.67 bits per heavy atom. The Labute approximate surface area is 91.8 Å². The van der Waals surface area contributed by atoms with E-state index in [1.165, 1.54) is 13.8 Å². The van der Waals surface area contributed by atoms with E-state index in [4.69, 9.17) is 0 Å². The summed E-state index contributed by atoms with van der Waals surface area (Å²) in [6, 6.07) is 0. The molecular weight excluding hydrogens is 192 g/mol. The first-order valence-electron chi connectivity index (χ1n) is 5.06. The first-order valence-corrected chi connectivity index (χ1v) is 5.06. The molecule has 0 radical (unpaired) electrons. The van der Waals surface area contributed by atoms with Crippen LogP contribution in [0.2, 0.25) is 0 Å². The average molecular weight is 214 g/mol. The molecule has 0 aliphatic carbocycles. The highest BCUT2D eigenvalue weighted by molar-refractivity contribution is 5.75. The van der Waals surface area contributed by atoms with Gasteiger partial charge in [-0.1, -0.05) is 19.9 Å². The smallest absolute Gasteiger partial charge is 0.312 e. The SMILES string of the molecule is C=CC(C)(C)CC(C)(C(=O)O)C(C)(C)O. The molecule has 0 aromatic rings. The normalized spacial score (nSPS) is 16.9. The predicted molar refractivity (Wildman–Crippen MR) is 60.6 cm³/mol. The van der Waals surface area contributed by atoms with Crippen molar-refractivity contribution in [3.63, 3.8) is 0 Å². The van der Waals surface area contributed by atoms with E-state index >= 15 is 0 Å². The average Bonchev–Trinajstić information content (AvgIpc) is 2.01. The lowest BCUT2D eigenvalue weighted by Crippen LogP contribution is -2.49. The number of hydrogen-bond acceptors (Lipinski definition) is 2. The number of carboxylic acids is 1. The Hall–Kier alpha value is -0.830. The summed E-state index contributed by atoms with van der Waals surface area (Å²) in [7, 11) is 0. The highest BCUT2D eigenvalue weighted by Gasteiger charge is 2.48. The van der Waals surface area contributed by atoms with Crippen LogP contribution in [0.4, 0.5) is 0 Å². The molecule has 0 aliphatic heterocycles. The molecule has 0 saturated heterocycles. The summed E-state index contributed by atoms with van der Waals surface area (Å²) in [5, 5.41) is 19.2. The molecule has 0 heterocycles. The standard InChI is InChI=1S/C12H22O3/c1-7-10(2,3)8-12(6,9(13)14)11(4,5)15/h7,15H,1,8H2,2-6H3,(H,13,14). The number of carboxylic acid groups (broad SMARTS) is 1. The third kappa shape index (κ3) is 3.06. The van der Waals surface area contributed by atoms with Crippen LogP contribution in [0.1, 0.15) is 41.0 Å². The van der Waals surface area contributed by atoms with Gasteiger partial charge in [0, 0.05) is 0 Å². The second-order valence-corrected chi connectivity index (χ2v) is 5.57. The van der Waals surface area contributed by atoms with Crippen LogP contribution in [0.3, 0.4) is 0 Å². The lowest BCUT2D eigenvalue weighted by atomic mass is 9.66. The first kappa shape index (κ1) is 14.2. The number of aliphatic carboxylic acids is 1. The Bertz CT molecular complexity index is 261. The second-order valence-electron chi connectivity index (χ2n) is 5.57. The molecule has 0 rings (SSSR count). The van der Waals surface area contributed by atoms with Crippen LogP contribution in [0.15, 0.2) is 12.7 Å². The monoisotopic (exact) mass is 214 g/mol. The van der Waals surface area contributed by atoms with E-state index in [0.29, 0.717) is 6.42 Å². The van der Waals surface area contributed by atoms with Crippen molar-refractivity contribution in [3.05, 3.63) is 12.7 Å². The van der Waals surface area contributed by atoms with Gasteiger partial charge in [0.1, 0.15) is 0 Å². The van der Waals surface area contributed by atoms with Crippen molar-refractivity contribution in [3.8, 4) is 0 Å². The van der Waals surface area contributed by atoms with Crippen LogP contribution in [0.5, 0.6) is 0 Å². The van der Waals surface area contributed by atoms with E-state index in [1.807, 2.05) is 13.8 Å². The quantitative estimate of drug-likeness (QED) is 0.691. The van der Waals surface area contributed by atoms with Crippen molar-refractivity contribution in [1.82, 2.24) is 0 Å². The summed E-state index contributed by atoms with van der Waals surface area (Å²) in [6.07, 6.45) is 2.07. The van der Waals surface area contributed by atoms with E-state index in [1.54, 1.807) is 13.0 Å². The van der Waals surface area contributed by atoms with Crippen molar-refractivity contribution in [1.29, 1.82) is 0 Å². The van der Waals surface area contributed by atoms with Gasteiger partial charge in [0.15, 0.2) is 0 Å². The predicted octanol–water partition coefficient (Wildman–Crippen LogP) is 2.45. The van der Waals surface area contributed by atoms with E-state index in [9.17, 15) is 15.0 Å². The topological polar surface area (TPSA) is 57.5 Å². The summed E-state index contributed by atoms with van der Waals surface area (Å²) in [6.45, 7) is 12.1. The molecule has 0 aliphatic rings. The number of hydrogen-bond donors (Lipinski definition) is 2. The van der Waals surface area contributed by atoms with Gasteiger partial charge in [-0.25, -0.2) is 0 Å². The molecule has 2 N–H and O–H groups in total. The maximum atomic E-state index is 11.3. The van der Waals surface area contributed by atoms with Gasteiger partial charge < -0.3 is 10.2 Å². The van der Waals surface area contributed by atoms with Gasteiger partial charge in [-0.2, -0.15) is 0 Å². The van der Waals surface area contributed by atoms with Gasteiger partial charge in [0.05, 0.1) is 11.0 Å². The van der Waals surface area contributed by atoms with Crippen LogP contribution in [0.25, 0.3) is 0 Å². The van der Waals surface area contributed by atoms with E-state index < -0.39 is 17.0 Å². The maximum Gasteiger partial charge on any atom is 0.312 e. The zero-order valence-electron chi connectivity index (χ0n) is 10.3. The fraction of sp³-hybridized carbons (Fsp3) is 0.750. The molecule has 15 heavy (non-hydrogen) atoms. The van der Waals surface area contributed by atoms with E-state index in [0.717, 1.165) is 0 Å². The minimum Gasteiger partial charge on any atom is -0.481 e. The number of carbonyl (C=O) groups is 1. The van der Waals surface area contributed by atoms with Gasteiger partial charge in [0.25, 0.3) is 0 Å². The third-order valence-electron chi connectivity index (χ3n) is 3.18. The van der Waals surface area contributed by atoms with Crippen molar-refractivity contribution >= 4 is 5.97 Å². The molecule has 0 spiro atoms. The van der Waals surface area contributed by atoms with Gasteiger partial charge in [0.2, 0.25) is 0 Å². The summed E-state index contributed by atoms with van der Waals surface area (Å²) < 4.78 is 0. The largest absolute Gasteiger partial charge is 0.481 e. The van der Waals surface area contributed by atoms with Gasteiger partial charge >= 0.3 is 5.97 Å². The minimum atomic E-state index is -1.26. The van der Waals surface area contributed by atoms with Crippen LogP contribution in [-0.4, -0.2) is 21.8 Å². The van der Waals surface area contributed by atoms with Crippen molar-refractivity contribution in [2.24, 2.45) is 10.8 Å². The molecule has 0 saturated carbocycles. The molecule has 0 bridgehead atoms. The molecule has 0 aromatic heterocycles. The molecule has 3 nitrogen and oxygen atoms in total. The zero-order chi connectivity index (χ0) is 12.5. The molecule has 88 valence electrons.